The molecule has 0 spiro atoms. The van der Waals surface area contributed by atoms with Gasteiger partial charge in [0.2, 0.25) is 5.91 Å². The van der Waals surface area contributed by atoms with Crippen molar-refractivity contribution in [3.8, 4) is 5.75 Å². The zero-order chi connectivity index (χ0) is 15.9. The lowest BCUT2D eigenvalue weighted by Crippen LogP contribution is -2.29. The number of amides is 1. The van der Waals surface area contributed by atoms with E-state index in [1.807, 2.05) is 0 Å². The molecule has 6 heteroatoms. The van der Waals surface area contributed by atoms with Gasteiger partial charge in [0, 0.05) is 29.5 Å². The van der Waals surface area contributed by atoms with Crippen molar-refractivity contribution in [2.45, 2.75) is 12.5 Å². The van der Waals surface area contributed by atoms with Gasteiger partial charge in [0.1, 0.15) is 5.75 Å². The van der Waals surface area contributed by atoms with Gasteiger partial charge in [-0.1, -0.05) is 17.7 Å². The van der Waals surface area contributed by atoms with E-state index in [-0.39, 0.29) is 18.9 Å². The van der Waals surface area contributed by atoms with Crippen LogP contribution in [-0.4, -0.2) is 29.7 Å². The zero-order valence-corrected chi connectivity index (χ0v) is 12.9. The molecule has 0 aliphatic carbocycles. The molecular weight excluding hydrogens is 304 g/mol. The van der Waals surface area contributed by atoms with Gasteiger partial charge >= 0.3 is 0 Å². The molecule has 0 radical (unpaired) electrons. The Morgan fingerprint density at radius 1 is 1.36 bits per heavy atom. The number of aliphatic hydroxyl groups excluding tert-OH is 1. The van der Waals surface area contributed by atoms with E-state index in [4.69, 9.17) is 16.3 Å². The first kappa shape index (κ1) is 16.3. The number of hydrogen-bond donors (Lipinski definition) is 2. The van der Waals surface area contributed by atoms with Crippen LogP contribution >= 0.6 is 11.6 Å². The van der Waals surface area contributed by atoms with E-state index in [0.717, 1.165) is 0 Å². The van der Waals surface area contributed by atoms with E-state index in [9.17, 15) is 9.90 Å². The van der Waals surface area contributed by atoms with Gasteiger partial charge in [-0.2, -0.15) is 0 Å². The Labute approximate surface area is 133 Å². The highest BCUT2D eigenvalue weighted by molar-refractivity contribution is 6.31. The van der Waals surface area contributed by atoms with Crippen molar-refractivity contribution in [3.63, 3.8) is 0 Å². The molecule has 2 aromatic rings. The van der Waals surface area contributed by atoms with Crippen LogP contribution in [0.2, 0.25) is 5.02 Å². The highest BCUT2D eigenvalue weighted by Crippen LogP contribution is 2.26. The standard InChI is InChI=1S/C16H17ClN2O3/c1-22-15-4-2-3-13(17)12(15)9-16(21)19-10-14(20)11-5-7-18-8-6-11/h2-8,14,20H,9-10H2,1H3,(H,19,21)/t14-/m1/s1. The van der Waals surface area contributed by atoms with Crippen molar-refractivity contribution < 1.29 is 14.6 Å². The second kappa shape index (κ2) is 7.77. The third kappa shape index (κ3) is 4.19. The Balaban J connectivity index is 1.94. The fourth-order valence-corrected chi connectivity index (χ4v) is 2.27. The molecule has 116 valence electrons. The SMILES string of the molecule is COc1cccc(Cl)c1CC(=O)NC[C@@H](O)c1ccncc1. The number of nitrogens with one attached hydrogen (secondary N) is 1. The van der Waals surface area contributed by atoms with E-state index >= 15 is 0 Å². The van der Waals surface area contributed by atoms with E-state index in [1.54, 1.807) is 42.7 Å². The molecule has 1 heterocycles. The zero-order valence-electron chi connectivity index (χ0n) is 12.1. The van der Waals surface area contributed by atoms with Gasteiger partial charge in [-0.15, -0.1) is 0 Å². The number of pyridine rings is 1. The third-order valence-corrected chi connectivity index (χ3v) is 3.57. The molecule has 0 saturated carbocycles. The van der Waals surface area contributed by atoms with Crippen LogP contribution < -0.4 is 10.1 Å². The van der Waals surface area contributed by atoms with Crippen molar-refractivity contribution in [1.82, 2.24) is 10.3 Å². The fourth-order valence-electron chi connectivity index (χ4n) is 2.04. The van der Waals surface area contributed by atoms with Crippen LogP contribution in [-0.2, 0) is 11.2 Å². The van der Waals surface area contributed by atoms with Gasteiger partial charge in [-0.05, 0) is 29.8 Å². The summed E-state index contributed by atoms with van der Waals surface area (Å²) in [5.41, 5.74) is 1.33. The highest BCUT2D eigenvalue weighted by atomic mass is 35.5. The smallest absolute Gasteiger partial charge is 0.224 e. The van der Waals surface area contributed by atoms with Gasteiger partial charge in [-0.3, -0.25) is 9.78 Å². The van der Waals surface area contributed by atoms with Crippen molar-refractivity contribution in [2.24, 2.45) is 0 Å². The summed E-state index contributed by atoms with van der Waals surface area (Å²) in [5.74, 6) is 0.330. The van der Waals surface area contributed by atoms with E-state index in [2.05, 4.69) is 10.3 Å². The number of carbonyl (C=O) groups is 1. The fraction of sp³-hybridized carbons (Fsp3) is 0.250. The molecule has 0 unspecified atom stereocenters. The van der Waals surface area contributed by atoms with Gasteiger partial charge in [-0.25, -0.2) is 0 Å². The molecule has 2 rings (SSSR count). The molecule has 0 saturated heterocycles. The van der Waals surface area contributed by atoms with Crippen LogP contribution in [0.25, 0.3) is 0 Å². The second-order valence-corrected chi connectivity index (χ2v) is 5.11. The number of ether oxygens (including phenoxy) is 1. The lowest BCUT2D eigenvalue weighted by molar-refractivity contribution is -0.120. The first-order valence-electron chi connectivity index (χ1n) is 6.78. The average Bonchev–Trinajstić information content (AvgIpc) is 2.55. The first-order valence-corrected chi connectivity index (χ1v) is 7.15. The van der Waals surface area contributed by atoms with Crippen LogP contribution in [0.5, 0.6) is 5.75 Å². The maximum Gasteiger partial charge on any atom is 0.224 e. The summed E-state index contributed by atoms with van der Waals surface area (Å²) in [6.07, 6.45) is 2.50. The molecule has 1 amide bonds. The van der Waals surface area contributed by atoms with Crippen molar-refractivity contribution >= 4 is 17.5 Å². The monoisotopic (exact) mass is 320 g/mol. The topological polar surface area (TPSA) is 71.5 Å². The summed E-state index contributed by atoms with van der Waals surface area (Å²) in [6, 6.07) is 8.62. The summed E-state index contributed by atoms with van der Waals surface area (Å²) in [5, 5.41) is 13.2. The largest absolute Gasteiger partial charge is 0.496 e. The Bertz CT molecular complexity index is 635. The Morgan fingerprint density at radius 3 is 2.77 bits per heavy atom. The van der Waals surface area contributed by atoms with E-state index in [0.29, 0.717) is 21.9 Å². The number of nitrogens with zero attached hydrogens (tertiary/aromatic N) is 1. The molecule has 2 N–H and O–H groups in total. The van der Waals surface area contributed by atoms with Gasteiger partial charge in [0.05, 0.1) is 19.6 Å². The number of carbonyl (C=O) groups excluding carboxylic acids is 1. The highest BCUT2D eigenvalue weighted by Gasteiger charge is 2.14. The van der Waals surface area contributed by atoms with Gasteiger partial charge in [0.15, 0.2) is 0 Å². The molecule has 0 aliphatic rings. The van der Waals surface area contributed by atoms with Crippen LogP contribution in [0.3, 0.4) is 0 Å². The molecule has 1 atom stereocenters. The Morgan fingerprint density at radius 2 is 2.09 bits per heavy atom. The molecule has 22 heavy (non-hydrogen) atoms. The van der Waals surface area contributed by atoms with Crippen LogP contribution in [0.15, 0.2) is 42.7 Å². The second-order valence-electron chi connectivity index (χ2n) is 4.70. The lowest BCUT2D eigenvalue weighted by Gasteiger charge is -2.13. The third-order valence-electron chi connectivity index (χ3n) is 3.22. The summed E-state index contributed by atoms with van der Waals surface area (Å²) in [4.78, 5) is 15.9. The maximum absolute atomic E-state index is 12.0. The quantitative estimate of drug-likeness (QED) is 0.855. The molecule has 0 bridgehead atoms. The molecule has 0 aliphatic heterocycles. The maximum atomic E-state index is 12.0. The summed E-state index contributed by atoms with van der Waals surface area (Å²) < 4.78 is 5.20. The van der Waals surface area contributed by atoms with Gasteiger partial charge < -0.3 is 15.2 Å². The predicted octanol–water partition coefficient (Wildman–Crippen LogP) is 2.14. The molecule has 5 nitrogen and oxygen atoms in total. The molecular formula is C16H17ClN2O3. The average molecular weight is 321 g/mol. The van der Waals surface area contributed by atoms with Gasteiger partial charge in [0.25, 0.3) is 0 Å². The summed E-state index contributed by atoms with van der Waals surface area (Å²) >= 11 is 6.09. The lowest BCUT2D eigenvalue weighted by atomic mass is 10.1. The number of methoxy groups -OCH3 is 1. The summed E-state index contributed by atoms with van der Waals surface area (Å²) in [6.45, 7) is 0.121. The number of benzene rings is 1. The van der Waals surface area contributed by atoms with Crippen molar-refractivity contribution in [3.05, 3.63) is 58.9 Å². The molecule has 0 fully saturated rings. The summed E-state index contributed by atoms with van der Waals surface area (Å²) in [7, 11) is 1.53. The molecule has 1 aromatic carbocycles. The van der Waals surface area contributed by atoms with Crippen molar-refractivity contribution in [1.29, 1.82) is 0 Å². The minimum atomic E-state index is -0.778. The minimum absolute atomic E-state index is 0.0892. The Hall–Kier alpha value is -2.11. The number of halogens is 1. The molecule has 1 aromatic heterocycles. The number of rotatable bonds is 6. The first-order chi connectivity index (χ1) is 10.6. The van der Waals surface area contributed by atoms with Crippen LogP contribution in [0.4, 0.5) is 0 Å². The van der Waals surface area contributed by atoms with Crippen molar-refractivity contribution in [2.75, 3.05) is 13.7 Å². The minimum Gasteiger partial charge on any atom is -0.496 e. The van der Waals surface area contributed by atoms with E-state index < -0.39 is 6.10 Å². The van der Waals surface area contributed by atoms with Crippen LogP contribution in [0, 0.1) is 0 Å². The van der Waals surface area contributed by atoms with E-state index in [1.165, 1.54) is 7.11 Å². The Kier molecular flexibility index (Phi) is 5.75. The number of aliphatic hydroxyl groups is 1. The van der Waals surface area contributed by atoms with Crippen LogP contribution in [0.1, 0.15) is 17.2 Å². The predicted molar refractivity (Wildman–Crippen MR) is 83.9 cm³/mol. The normalized spacial score (nSPS) is 11.8. The number of aromatic nitrogens is 1. The number of hydrogen-bond acceptors (Lipinski definition) is 4.